The Morgan fingerprint density at radius 2 is 2.00 bits per heavy atom. The van der Waals surface area contributed by atoms with Crippen molar-refractivity contribution < 1.29 is 19.4 Å². The molecule has 0 aliphatic heterocycles. The van der Waals surface area contributed by atoms with Crippen LogP contribution in [-0.2, 0) is 9.53 Å². The van der Waals surface area contributed by atoms with Gasteiger partial charge in [0.1, 0.15) is 5.75 Å². The van der Waals surface area contributed by atoms with Crippen molar-refractivity contribution in [1.29, 1.82) is 0 Å². The number of amides is 1. The first-order valence-electron chi connectivity index (χ1n) is 7.00. The van der Waals surface area contributed by atoms with Gasteiger partial charge < -0.3 is 19.5 Å². The van der Waals surface area contributed by atoms with E-state index < -0.39 is 6.10 Å². The van der Waals surface area contributed by atoms with E-state index in [1.807, 2.05) is 18.2 Å². The smallest absolute Gasteiger partial charge is 0.225 e. The van der Waals surface area contributed by atoms with Crippen molar-refractivity contribution in [1.82, 2.24) is 4.90 Å². The van der Waals surface area contributed by atoms with E-state index in [1.165, 1.54) is 12.0 Å². The van der Waals surface area contributed by atoms with Gasteiger partial charge in [-0.15, -0.1) is 0 Å². The normalized spacial score (nSPS) is 12.3. The van der Waals surface area contributed by atoms with Crippen molar-refractivity contribution in [2.45, 2.75) is 32.3 Å². The summed E-state index contributed by atoms with van der Waals surface area (Å²) in [5, 5.41) is 10.4. The zero-order valence-electron chi connectivity index (χ0n) is 13.4. The molecule has 5 nitrogen and oxygen atoms in total. The lowest BCUT2D eigenvalue weighted by molar-refractivity contribution is -0.130. The van der Waals surface area contributed by atoms with Crippen molar-refractivity contribution in [2.24, 2.45) is 0 Å². The molecule has 1 aromatic rings. The SMILES string of the molecule is COCOc1ccc(C(C)C)cc1C(O)CC(=O)N(C)C. The van der Waals surface area contributed by atoms with Crippen LogP contribution in [0.3, 0.4) is 0 Å². The monoisotopic (exact) mass is 295 g/mol. The van der Waals surface area contributed by atoms with Gasteiger partial charge >= 0.3 is 0 Å². The van der Waals surface area contributed by atoms with Crippen LogP contribution in [0, 0.1) is 0 Å². The standard InChI is InChI=1S/C16H25NO4/c1-11(2)12-6-7-15(21-10-20-5)13(8-12)14(18)9-16(19)17(3)4/h6-8,11,14,18H,9-10H2,1-5H3. The van der Waals surface area contributed by atoms with Gasteiger partial charge in [-0.25, -0.2) is 0 Å². The van der Waals surface area contributed by atoms with E-state index in [2.05, 4.69) is 13.8 Å². The molecule has 1 N–H and O–H groups in total. The predicted molar refractivity (Wildman–Crippen MR) is 81.3 cm³/mol. The number of aliphatic hydroxyl groups excluding tert-OH is 1. The highest BCUT2D eigenvalue weighted by Crippen LogP contribution is 2.31. The fraction of sp³-hybridized carbons (Fsp3) is 0.562. The molecule has 0 spiro atoms. The van der Waals surface area contributed by atoms with E-state index in [9.17, 15) is 9.90 Å². The summed E-state index contributed by atoms with van der Waals surface area (Å²) in [6.07, 6.45) is -0.872. The average molecular weight is 295 g/mol. The molecule has 1 unspecified atom stereocenters. The number of methoxy groups -OCH3 is 1. The van der Waals surface area contributed by atoms with E-state index in [1.54, 1.807) is 14.1 Å². The van der Waals surface area contributed by atoms with Crippen LogP contribution in [0.2, 0.25) is 0 Å². The quantitative estimate of drug-likeness (QED) is 0.784. The Balaban J connectivity index is 3.03. The second-order valence-corrected chi connectivity index (χ2v) is 5.51. The molecule has 0 aliphatic rings. The number of ether oxygens (including phenoxy) is 2. The number of nitrogens with zero attached hydrogens (tertiary/aromatic N) is 1. The minimum absolute atomic E-state index is 0.0257. The molecule has 21 heavy (non-hydrogen) atoms. The predicted octanol–water partition coefficient (Wildman–Crippen LogP) is 2.30. The van der Waals surface area contributed by atoms with E-state index in [-0.39, 0.29) is 19.1 Å². The zero-order chi connectivity index (χ0) is 16.0. The first-order chi connectivity index (χ1) is 9.86. The largest absolute Gasteiger partial charge is 0.467 e. The second-order valence-electron chi connectivity index (χ2n) is 5.51. The molecule has 1 rings (SSSR count). The minimum atomic E-state index is -0.898. The Morgan fingerprint density at radius 3 is 2.52 bits per heavy atom. The van der Waals surface area contributed by atoms with Crippen LogP contribution in [0.4, 0.5) is 0 Å². The molecule has 0 aromatic heterocycles. The van der Waals surface area contributed by atoms with Gasteiger partial charge in [-0.1, -0.05) is 19.9 Å². The lowest BCUT2D eigenvalue weighted by Crippen LogP contribution is -2.23. The molecule has 0 heterocycles. The summed E-state index contributed by atoms with van der Waals surface area (Å²) in [7, 11) is 4.87. The van der Waals surface area contributed by atoms with Crippen LogP contribution < -0.4 is 4.74 Å². The number of carbonyl (C=O) groups excluding carboxylic acids is 1. The highest BCUT2D eigenvalue weighted by Gasteiger charge is 2.19. The summed E-state index contributed by atoms with van der Waals surface area (Å²) >= 11 is 0. The Kier molecular flexibility index (Phi) is 6.65. The molecule has 0 aliphatic carbocycles. The summed E-state index contributed by atoms with van der Waals surface area (Å²) in [6, 6.07) is 5.66. The third kappa shape index (κ3) is 5.02. The van der Waals surface area contributed by atoms with E-state index in [0.717, 1.165) is 5.56 Å². The highest BCUT2D eigenvalue weighted by molar-refractivity contribution is 5.76. The minimum Gasteiger partial charge on any atom is -0.467 e. The molecular formula is C16H25NO4. The van der Waals surface area contributed by atoms with E-state index in [0.29, 0.717) is 17.2 Å². The van der Waals surface area contributed by atoms with Crippen LogP contribution in [0.15, 0.2) is 18.2 Å². The molecule has 0 bridgehead atoms. The lowest BCUT2D eigenvalue weighted by atomic mass is 9.96. The van der Waals surface area contributed by atoms with Gasteiger partial charge in [-0.2, -0.15) is 0 Å². The maximum atomic E-state index is 11.8. The van der Waals surface area contributed by atoms with Gasteiger partial charge in [0.2, 0.25) is 5.91 Å². The molecule has 0 saturated heterocycles. The van der Waals surface area contributed by atoms with E-state index >= 15 is 0 Å². The van der Waals surface area contributed by atoms with Gasteiger partial charge in [-0.3, -0.25) is 4.79 Å². The molecule has 1 amide bonds. The Bertz CT molecular complexity index is 471. The molecule has 5 heteroatoms. The number of carbonyl (C=O) groups is 1. The van der Waals surface area contributed by atoms with Crippen molar-refractivity contribution in [3.8, 4) is 5.75 Å². The molecule has 1 aromatic carbocycles. The topological polar surface area (TPSA) is 59.0 Å². The average Bonchev–Trinajstić information content (AvgIpc) is 2.44. The van der Waals surface area contributed by atoms with E-state index in [4.69, 9.17) is 9.47 Å². The summed E-state index contributed by atoms with van der Waals surface area (Å²) in [4.78, 5) is 13.2. The summed E-state index contributed by atoms with van der Waals surface area (Å²) in [6.45, 7) is 4.25. The molecule has 118 valence electrons. The first-order valence-corrected chi connectivity index (χ1v) is 7.00. The number of benzene rings is 1. The number of hydrogen-bond donors (Lipinski definition) is 1. The second kappa shape index (κ2) is 8.00. The number of aliphatic hydroxyl groups is 1. The third-order valence-corrected chi connectivity index (χ3v) is 3.26. The van der Waals surface area contributed by atoms with Crippen LogP contribution in [0.5, 0.6) is 5.75 Å². The van der Waals surface area contributed by atoms with Crippen molar-refractivity contribution in [3.05, 3.63) is 29.3 Å². The van der Waals surface area contributed by atoms with Gasteiger partial charge in [0, 0.05) is 26.8 Å². The Morgan fingerprint density at radius 1 is 1.33 bits per heavy atom. The number of hydrogen-bond acceptors (Lipinski definition) is 4. The van der Waals surface area contributed by atoms with Crippen LogP contribution >= 0.6 is 0 Å². The van der Waals surface area contributed by atoms with Crippen molar-refractivity contribution in [2.75, 3.05) is 28.0 Å². The third-order valence-electron chi connectivity index (χ3n) is 3.26. The summed E-state index contributed by atoms with van der Waals surface area (Å²) < 4.78 is 10.4. The number of rotatable bonds is 7. The van der Waals surface area contributed by atoms with Crippen LogP contribution in [0.25, 0.3) is 0 Å². The van der Waals surface area contributed by atoms with Crippen molar-refractivity contribution in [3.63, 3.8) is 0 Å². The van der Waals surface area contributed by atoms with Crippen molar-refractivity contribution >= 4 is 5.91 Å². The molecular weight excluding hydrogens is 270 g/mol. The van der Waals surface area contributed by atoms with Gasteiger partial charge in [0.15, 0.2) is 6.79 Å². The summed E-state index contributed by atoms with van der Waals surface area (Å²) in [5.41, 5.74) is 1.71. The lowest BCUT2D eigenvalue weighted by Gasteiger charge is -2.19. The van der Waals surface area contributed by atoms with Gasteiger partial charge in [0.25, 0.3) is 0 Å². The maximum absolute atomic E-state index is 11.8. The molecule has 0 radical (unpaired) electrons. The Hall–Kier alpha value is -1.59. The molecule has 0 fully saturated rings. The fourth-order valence-electron chi connectivity index (χ4n) is 1.90. The Labute approximate surface area is 126 Å². The van der Waals surface area contributed by atoms with Gasteiger partial charge in [-0.05, 0) is 23.6 Å². The molecule has 0 saturated carbocycles. The van der Waals surface area contributed by atoms with Gasteiger partial charge in [0.05, 0.1) is 12.5 Å². The summed E-state index contributed by atoms with van der Waals surface area (Å²) in [5.74, 6) is 0.743. The zero-order valence-corrected chi connectivity index (χ0v) is 13.4. The fourth-order valence-corrected chi connectivity index (χ4v) is 1.90. The van der Waals surface area contributed by atoms with Crippen LogP contribution in [0.1, 0.15) is 43.4 Å². The first kappa shape index (κ1) is 17.5. The van der Waals surface area contributed by atoms with Crippen LogP contribution in [-0.4, -0.2) is 43.9 Å². The molecule has 1 atom stereocenters. The maximum Gasteiger partial charge on any atom is 0.225 e. The highest BCUT2D eigenvalue weighted by atomic mass is 16.7.